The Bertz CT molecular complexity index is 196. The summed E-state index contributed by atoms with van der Waals surface area (Å²) in [5.74, 6) is -1.09. The zero-order valence-electron chi connectivity index (χ0n) is 5.70. The van der Waals surface area contributed by atoms with Crippen LogP contribution in [0.15, 0.2) is 0 Å². The van der Waals surface area contributed by atoms with E-state index in [2.05, 4.69) is 0 Å². The number of nitrogens with one attached hydrogen (secondary N) is 1. The van der Waals surface area contributed by atoms with Gasteiger partial charge in [-0.25, -0.2) is 0 Å². The van der Waals surface area contributed by atoms with Crippen LogP contribution in [-0.4, -0.2) is 24.8 Å². The van der Waals surface area contributed by atoms with Gasteiger partial charge in [-0.1, -0.05) is 69.6 Å². The molecule has 0 aliphatic heterocycles. The molecule has 0 aromatic heterocycles. The lowest BCUT2D eigenvalue weighted by Gasteiger charge is -2.21. The molecule has 0 aliphatic carbocycles. The Morgan fingerprint density at radius 1 is 1.15 bits per heavy atom. The van der Waals surface area contributed by atoms with E-state index >= 15 is 0 Å². The monoisotopic (exact) mass is 307 g/mol. The third kappa shape index (κ3) is 5.57. The highest BCUT2D eigenvalue weighted by Gasteiger charge is 2.38. The Morgan fingerprint density at radius 2 is 1.54 bits per heavy atom. The summed E-state index contributed by atoms with van der Waals surface area (Å²) in [6.07, 6.45) is -1.75. The number of alkyl halides is 6. The largest absolute Gasteiger partial charge is 0.369 e. The van der Waals surface area contributed by atoms with Crippen molar-refractivity contribution < 1.29 is 9.90 Å². The second-order valence-corrected chi connectivity index (χ2v) is 6.57. The maximum absolute atomic E-state index is 10.9. The summed E-state index contributed by atoms with van der Waals surface area (Å²) in [6, 6.07) is 0. The van der Waals surface area contributed by atoms with Crippen molar-refractivity contribution in [3.05, 3.63) is 0 Å². The van der Waals surface area contributed by atoms with Crippen molar-refractivity contribution in [1.82, 2.24) is 5.32 Å². The highest BCUT2D eigenvalue weighted by atomic mass is 35.6. The summed E-state index contributed by atoms with van der Waals surface area (Å²) in [7, 11) is 0. The first-order valence-electron chi connectivity index (χ1n) is 2.67. The lowest BCUT2D eigenvalue weighted by Crippen LogP contribution is -2.47. The molecular formula is C4H3Cl6NO2. The Morgan fingerprint density at radius 3 is 1.77 bits per heavy atom. The lowest BCUT2D eigenvalue weighted by molar-refractivity contribution is -0.123. The Labute approximate surface area is 104 Å². The van der Waals surface area contributed by atoms with Crippen LogP contribution in [-0.2, 0) is 4.79 Å². The van der Waals surface area contributed by atoms with Crippen LogP contribution >= 0.6 is 69.6 Å². The molecule has 13 heavy (non-hydrogen) atoms. The van der Waals surface area contributed by atoms with E-state index < -0.39 is 19.7 Å². The molecule has 1 amide bonds. The first-order chi connectivity index (χ1) is 5.55. The first kappa shape index (κ1) is 14.2. The first-order valence-corrected chi connectivity index (χ1v) is 4.94. The van der Waals surface area contributed by atoms with E-state index in [0.717, 1.165) is 0 Å². The van der Waals surface area contributed by atoms with Gasteiger partial charge in [0.15, 0.2) is 6.23 Å². The van der Waals surface area contributed by atoms with E-state index in [4.69, 9.17) is 74.7 Å². The van der Waals surface area contributed by atoms with Gasteiger partial charge in [0.1, 0.15) is 0 Å². The van der Waals surface area contributed by atoms with Crippen LogP contribution in [0.2, 0.25) is 0 Å². The number of carbonyl (C=O) groups is 1. The SMILES string of the molecule is O=C(NC(O)C(Cl)(Cl)Cl)C(Cl)(Cl)Cl. The zero-order chi connectivity index (χ0) is 10.9. The number of halogens is 6. The van der Waals surface area contributed by atoms with Gasteiger partial charge < -0.3 is 10.4 Å². The number of hydrogen-bond donors (Lipinski definition) is 2. The normalized spacial score (nSPS) is 15.3. The van der Waals surface area contributed by atoms with E-state index in [1.165, 1.54) is 0 Å². The molecule has 0 fully saturated rings. The summed E-state index contributed by atoms with van der Waals surface area (Å²) in [5, 5.41) is 10.8. The van der Waals surface area contributed by atoms with Gasteiger partial charge in [0.25, 0.3) is 9.70 Å². The number of rotatable bonds is 1. The average Bonchev–Trinajstić information content (AvgIpc) is 1.82. The van der Waals surface area contributed by atoms with Crippen LogP contribution in [0.25, 0.3) is 0 Å². The van der Waals surface area contributed by atoms with E-state index in [0.29, 0.717) is 0 Å². The number of amides is 1. The molecule has 0 bridgehead atoms. The number of aliphatic hydroxyl groups is 1. The van der Waals surface area contributed by atoms with Crippen molar-refractivity contribution in [1.29, 1.82) is 0 Å². The van der Waals surface area contributed by atoms with Crippen LogP contribution < -0.4 is 5.32 Å². The van der Waals surface area contributed by atoms with E-state index in [1.54, 1.807) is 5.32 Å². The van der Waals surface area contributed by atoms with Gasteiger partial charge in [0.2, 0.25) is 3.79 Å². The highest BCUT2D eigenvalue weighted by Crippen LogP contribution is 2.31. The van der Waals surface area contributed by atoms with Crippen molar-refractivity contribution in [2.75, 3.05) is 0 Å². The molecule has 0 aliphatic rings. The second-order valence-electron chi connectivity index (χ2n) is 1.92. The van der Waals surface area contributed by atoms with Gasteiger partial charge in [-0.3, -0.25) is 4.79 Å². The van der Waals surface area contributed by atoms with Crippen LogP contribution in [0.1, 0.15) is 0 Å². The molecule has 3 nitrogen and oxygen atoms in total. The fraction of sp³-hybridized carbons (Fsp3) is 0.750. The Balaban J connectivity index is 4.24. The smallest absolute Gasteiger partial charge is 0.274 e. The highest BCUT2D eigenvalue weighted by molar-refractivity contribution is 6.76. The summed E-state index contributed by atoms with van der Waals surface area (Å²) in [6.45, 7) is 0. The molecule has 0 rings (SSSR count). The maximum atomic E-state index is 10.9. The topological polar surface area (TPSA) is 49.3 Å². The molecule has 0 radical (unpaired) electrons. The van der Waals surface area contributed by atoms with Crippen LogP contribution in [0.3, 0.4) is 0 Å². The standard InChI is InChI=1S/C4H3Cl6NO2/c5-3(6,7)1(12)11-2(13)4(8,9)10/h1,12H,(H,11,13). The maximum Gasteiger partial charge on any atom is 0.274 e. The van der Waals surface area contributed by atoms with Gasteiger partial charge in [0, 0.05) is 0 Å². The Hall–Kier alpha value is 1.17. The summed E-state index contributed by atoms with van der Waals surface area (Å²) in [5.41, 5.74) is 0. The average molecular weight is 310 g/mol. The Kier molecular flexibility index (Phi) is 5.23. The van der Waals surface area contributed by atoms with Crippen molar-refractivity contribution in [3.63, 3.8) is 0 Å². The lowest BCUT2D eigenvalue weighted by atomic mass is 10.5. The molecule has 0 saturated carbocycles. The molecule has 0 aromatic carbocycles. The van der Waals surface area contributed by atoms with E-state index in [-0.39, 0.29) is 0 Å². The van der Waals surface area contributed by atoms with Crippen LogP contribution in [0.5, 0.6) is 0 Å². The second kappa shape index (κ2) is 4.79. The summed E-state index contributed by atoms with van der Waals surface area (Å²) in [4.78, 5) is 10.9. The van der Waals surface area contributed by atoms with Crippen molar-refractivity contribution in [3.8, 4) is 0 Å². The minimum atomic E-state index is -2.21. The zero-order valence-corrected chi connectivity index (χ0v) is 10.2. The number of hydrogen-bond acceptors (Lipinski definition) is 2. The molecule has 0 spiro atoms. The molecule has 9 heteroatoms. The number of carbonyl (C=O) groups excluding carboxylic acids is 1. The predicted octanol–water partition coefficient (Wildman–Crippen LogP) is 2.16. The summed E-state index contributed by atoms with van der Waals surface area (Å²) >= 11 is 31.1. The molecule has 1 atom stereocenters. The molecule has 0 aromatic rings. The van der Waals surface area contributed by atoms with Gasteiger partial charge >= 0.3 is 0 Å². The third-order valence-corrected chi connectivity index (χ3v) is 1.97. The molecule has 0 saturated heterocycles. The number of aliphatic hydroxyl groups excluding tert-OH is 1. The van der Waals surface area contributed by atoms with Gasteiger partial charge in [0.05, 0.1) is 0 Å². The van der Waals surface area contributed by atoms with Gasteiger partial charge in [-0.2, -0.15) is 0 Å². The third-order valence-electron chi connectivity index (χ3n) is 0.835. The van der Waals surface area contributed by atoms with E-state index in [9.17, 15) is 4.79 Å². The predicted molar refractivity (Wildman–Crippen MR) is 54.7 cm³/mol. The fourth-order valence-corrected chi connectivity index (χ4v) is 0.615. The molecule has 78 valence electrons. The molecule has 1 unspecified atom stereocenters. The quantitative estimate of drug-likeness (QED) is 0.576. The molecule has 2 N–H and O–H groups in total. The van der Waals surface area contributed by atoms with Crippen LogP contribution in [0.4, 0.5) is 0 Å². The van der Waals surface area contributed by atoms with Crippen molar-refractivity contribution >= 4 is 75.5 Å². The van der Waals surface area contributed by atoms with Gasteiger partial charge in [-0.15, -0.1) is 0 Å². The fourth-order valence-electron chi connectivity index (χ4n) is 0.288. The minimum absolute atomic E-state index is 1.09. The van der Waals surface area contributed by atoms with Crippen LogP contribution in [0, 0.1) is 0 Å². The van der Waals surface area contributed by atoms with Gasteiger partial charge in [-0.05, 0) is 0 Å². The van der Waals surface area contributed by atoms with Crippen molar-refractivity contribution in [2.45, 2.75) is 13.8 Å². The van der Waals surface area contributed by atoms with Crippen molar-refractivity contribution in [2.24, 2.45) is 0 Å². The molecule has 0 heterocycles. The summed E-state index contributed by atoms with van der Waals surface area (Å²) < 4.78 is -4.29. The minimum Gasteiger partial charge on any atom is -0.369 e. The van der Waals surface area contributed by atoms with E-state index in [1.807, 2.05) is 0 Å². The molecular weight excluding hydrogens is 307 g/mol.